The van der Waals surface area contributed by atoms with E-state index in [1.54, 1.807) is 12.1 Å². The van der Waals surface area contributed by atoms with Crippen LogP contribution in [0.5, 0.6) is 5.75 Å². The Bertz CT molecular complexity index is 493. The second-order valence-electron chi connectivity index (χ2n) is 6.22. The Hall–Kier alpha value is -1.13. The highest BCUT2D eigenvalue weighted by Crippen LogP contribution is 2.33. The molecule has 3 unspecified atom stereocenters. The molecule has 0 spiro atoms. The van der Waals surface area contributed by atoms with Gasteiger partial charge in [-0.3, -0.25) is 9.80 Å². The number of benzene rings is 1. The molecule has 2 aliphatic heterocycles. The van der Waals surface area contributed by atoms with E-state index in [9.17, 15) is 9.50 Å². The van der Waals surface area contributed by atoms with Crippen LogP contribution in [-0.2, 0) is 0 Å². The van der Waals surface area contributed by atoms with E-state index in [1.165, 1.54) is 18.9 Å². The molecule has 3 nitrogen and oxygen atoms in total. The second kappa shape index (κ2) is 5.34. The monoisotopic (exact) mass is 278 g/mol. The van der Waals surface area contributed by atoms with Gasteiger partial charge >= 0.3 is 0 Å². The fourth-order valence-corrected chi connectivity index (χ4v) is 3.74. The van der Waals surface area contributed by atoms with Gasteiger partial charge in [-0.15, -0.1) is 0 Å². The molecule has 2 bridgehead atoms. The molecule has 1 aromatic carbocycles. The zero-order valence-electron chi connectivity index (χ0n) is 12.2. The van der Waals surface area contributed by atoms with Crippen LogP contribution in [-0.4, -0.2) is 47.1 Å². The summed E-state index contributed by atoms with van der Waals surface area (Å²) in [7, 11) is 2.22. The minimum Gasteiger partial charge on any atom is -0.508 e. The first-order valence-corrected chi connectivity index (χ1v) is 7.50. The van der Waals surface area contributed by atoms with Gasteiger partial charge in [0.25, 0.3) is 0 Å². The van der Waals surface area contributed by atoms with Crippen molar-refractivity contribution in [2.45, 2.75) is 44.3 Å². The average Bonchev–Trinajstić information content (AvgIpc) is 2.62. The van der Waals surface area contributed by atoms with Crippen LogP contribution >= 0.6 is 0 Å². The molecule has 4 heteroatoms. The van der Waals surface area contributed by atoms with Crippen molar-refractivity contribution in [3.8, 4) is 5.75 Å². The van der Waals surface area contributed by atoms with Crippen molar-refractivity contribution in [3.63, 3.8) is 0 Å². The predicted molar refractivity (Wildman–Crippen MR) is 77.2 cm³/mol. The summed E-state index contributed by atoms with van der Waals surface area (Å²) >= 11 is 0. The maximum Gasteiger partial charge on any atom is 0.131 e. The second-order valence-corrected chi connectivity index (χ2v) is 6.22. The van der Waals surface area contributed by atoms with Crippen LogP contribution < -0.4 is 0 Å². The lowest BCUT2D eigenvalue weighted by molar-refractivity contribution is 0.179. The smallest absolute Gasteiger partial charge is 0.131 e. The van der Waals surface area contributed by atoms with Gasteiger partial charge in [-0.05, 0) is 39.3 Å². The molecule has 2 saturated heterocycles. The summed E-state index contributed by atoms with van der Waals surface area (Å²) < 4.78 is 14.0. The molecular formula is C16H23FN2O. The highest BCUT2D eigenvalue weighted by Gasteiger charge is 2.36. The number of aromatic hydroxyl groups is 1. The number of halogens is 1. The average molecular weight is 278 g/mol. The fraction of sp³-hybridized carbons (Fsp3) is 0.625. The molecule has 1 aromatic rings. The lowest BCUT2D eigenvalue weighted by Gasteiger charge is -2.31. The summed E-state index contributed by atoms with van der Waals surface area (Å²) in [6.07, 6.45) is 3.72. The molecule has 110 valence electrons. The Balaban J connectivity index is 1.78. The molecule has 0 aromatic heterocycles. The summed E-state index contributed by atoms with van der Waals surface area (Å²) in [4.78, 5) is 4.88. The lowest BCUT2D eigenvalue weighted by Crippen LogP contribution is -2.37. The van der Waals surface area contributed by atoms with E-state index in [2.05, 4.69) is 23.8 Å². The Morgan fingerprint density at radius 3 is 2.75 bits per heavy atom. The Morgan fingerprint density at radius 2 is 2.00 bits per heavy atom. The molecule has 0 saturated carbocycles. The summed E-state index contributed by atoms with van der Waals surface area (Å²) in [5.74, 6) is -0.312. The van der Waals surface area contributed by atoms with Crippen molar-refractivity contribution in [2.75, 3.05) is 20.1 Å². The minimum atomic E-state index is -0.305. The number of phenolic OH excluding ortho intramolecular Hbond substituents is 1. The molecule has 0 radical (unpaired) electrons. The summed E-state index contributed by atoms with van der Waals surface area (Å²) in [5, 5.41) is 9.33. The van der Waals surface area contributed by atoms with Gasteiger partial charge in [0.1, 0.15) is 11.6 Å². The van der Waals surface area contributed by atoms with E-state index in [-0.39, 0.29) is 17.6 Å². The van der Waals surface area contributed by atoms with Gasteiger partial charge in [-0.1, -0.05) is 6.07 Å². The van der Waals surface area contributed by atoms with Crippen LogP contribution in [0.4, 0.5) is 4.39 Å². The lowest BCUT2D eigenvalue weighted by atomic mass is 10.0. The number of rotatable bonds is 2. The fourth-order valence-electron chi connectivity index (χ4n) is 3.74. The number of likely N-dealkylation sites (tertiary alicyclic amines) is 1. The van der Waals surface area contributed by atoms with Crippen LogP contribution in [0, 0.1) is 5.82 Å². The molecule has 2 fully saturated rings. The van der Waals surface area contributed by atoms with Crippen molar-refractivity contribution < 1.29 is 9.50 Å². The van der Waals surface area contributed by atoms with Crippen molar-refractivity contribution in [1.82, 2.24) is 9.80 Å². The first kappa shape index (κ1) is 13.8. The van der Waals surface area contributed by atoms with Gasteiger partial charge in [-0.2, -0.15) is 0 Å². The predicted octanol–water partition coefficient (Wildman–Crippen LogP) is 2.76. The molecule has 20 heavy (non-hydrogen) atoms. The molecule has 2 heterocycles. The van der Waals surface area contributed by atoms with E-state index < -0.39 is 0 Å². The van der Waals surface area contributed by atoms with Gasteiger partial charge in [0.05, 0.1) is 0 Å². The maximum atomic E-state index is 14.0. The van der Waals surface area contributed by atoms with Crippen LogP contribution in [0.2, 0.25) is 0 Å². The van der Waals surface area contributed by atoms with Gasteiger partial charge < -0.3 is 5.11 Å². The molecule has 0 aliphatic carbocycles. The molecule has 0 amide bonds. The van der Waals surface area contributed by atoms with Crippen molar-refractivity contribution in [3.05, 3.63) is 29.6 Å². The largest absolute Gasteiger partial charge is 0.508 e. The van der Waals surface area contributed by atoms with Crippen molar-refractivity contribution in [1.29, 1.82) is 0 Å². The number of fused-ring (bicyclic) bond motifs is 2. The van der Waals surface area contributed by atoms with Crippen molar-refractivity contribution >= 4 is 0 Å². The SMILES string of the molecule is CC(c1ccc(O)cc1F)N1CCC2CCC(C1)N2C. The number of nitrogens with zero attached hydrogens (tertiary/aromatic N) is 2. The summed E-state index contributed by atoms with van der Waals surface area (Å²) in [6.45, 7) is 4.09. The maximum absolute atomic E-state index is 14.0. The molecule has 1 N–H and O–H groups in total. The quantitative estimate of drug-likeness (QED) is 0.901. The Labute approximate surface area is 120 Å². The topological polar surface area (TPSA) is 26.7 Å². The Morgan fingerprint density at radius 1 is 1.25 bits per heavy atom. The van der Waals surface area contributed by atoms with Gasteiger partial charge in [0.15, 0.2) is 0 Å². The Kier molecular flexibility index (Phi) is 3.69. The van der Waals surface area contributed by atoms with Crippen LogP contribution in [0.3, 0.4) is 0 Å². The van der Waals surface area contributed by atoms with E-state index in [0.29, 0.717) is 17.6 Å². The highest BCUT2D eigenvalue weighted by atomic mass is 19.1. The first-order chi connectivity index (χ1) is 9.56. The van der Waals surface area contributed by atoms with Crippen LogP contribution in [0.15, 0.2) is 18.2 Å². The van der Waals surface area contributed by atoms with E-state index in [0.717, 1.165) is 19.5 Å². The highest BCUT2D eigenvalue weighted by molar-refractivity contribution is 5.29. The third-order valence-corrected chi connectivity index (χ3v) is 5.16. The normalized spacial score (nSPS) is 29.4. The minimum absolute atomic E-state index is 0.00638. The van der Waals surface area contributed by atoms with E-state index in [4.69, 9.17) is 0 Å². The molecule has 3 rings (SSSR count). The van der Waals surface area contributed by atoms with Gasteiger partial charge in [0, 0.05) is 42.8 Å². The van der Waals surface area contributed by atoms with Gasteiger partial charge in [0.2, 0.25) is 0 Å². The zero-order valence-corrected chi connectivity index (χ0v) is 12.2. The van der Waals surface area contributed by atoms with Crippen molar-refractivity contribution in [2.24, 2.45) is 0 Å². The number of likely N-dealkylation sites (N-methyl/N-ethyl adjacent to an activating group) is 1. The zero-order chi connectivity index (χ0) is 14.3. The van der Waals surface area contributed by atoms with E-state index >= 15 is 0 Å². The third kappa shape index (κ3) is 2.42. The van der Waals surface area contributed by atoms with Crippen LogP contribution in [0.1, 0.15) is 37.8 Å². The number of hydrogen-bond donors (Lipinski definition) is 1. The molecule has 2 aliphatic rings. The number of hydrogen-bond acceptors (Lipinski definition) is 3. The molecular weight excluding hydrogens is 255 g/mol. The van der Waals surface area contributed by atoms with Crippen LogP contribution in [0.25, 0.3) is 0 Å². The standard InChI is InChI=1S/C16H23FN2O/c1-11(15-6-5-14(20)9-16(15)17)19-8-7-12-3-4-13(10-19)18(12)2/h5-6,9,11-13,20H,3-4,7-8,10H2,1-2H3. The third-order valence-electron chi connectivity index (χ3n) is 5.16. The van der Waals surface area contributed by atoms with Gasteiger partial charge in [-0.25, -0.2) is 4.39 Å². The number of phenols is 1. The van der Waals surface area contributed by atoms with E-state index in [1.807, 2.05) is 0 Å². The summed E-state index contributed by atoms with van der Waals surface area (Å²) in [6, 6.07) is 5.85. The first-order valence-electron chi connectivity index (χ1n) is 7.50. The molecule has 3 atom stereocenters. The summed E-state index contributed by atoms with van der Waals surface area (Å²) in [5.41, 5.74) is 0.684.